The molecule has 0 fully saturated rings. The van der Waals surface area contributed by atoms with Crippen LogP contribution in [0, 0.1) is 0 Å². The fourth-order valence-electron chi connectivity index (χ4n) is 2.78. The summed E-state index contributed by atoms with van der Waals surface area (Å²) in [7, 11) is 0. The molecule has 0 saturated carbocycles. The third-order valence-corrected chi connectivity index (χ3v) is 3.87. The Morgan fingerprint density at radius 3 is 2.84 bits per heavy atom. The molecule has 0 radical (unpaired) electrons. The molecule has 0 aromatic heterocycles. The first-order valence-corrected chi connectivity index (χ1v) is 7.79. The van der Waals surface area contributed by atoms with E-state index in [0.717, 1.165) is 16.9 Å². The number of hydrogen-bond acceptors (Lipinski definition) is 5. The zero-order valence-electron chi connectivity index (χ0n) is 13.4. The van der Waals surface area contributed by atoms with E-state index in [9.17, 15) is 9.59 Å². The van der Waals surface area contributed by atoms with Crippen LogP contribution >= 0.6 is 0 Å². The SMILES string of the molecule is CC(=O)Oc1ccc2c(c1)OC(=CC1=Cc3ccccc3OC1)C2=O. The lowest BCUT2D eigenvalue weighted by atomic mass is 10.1. The van der Waals surface area contributed by atoms with Crippen molar-refractivity contribution < 1.29 is 23.8 Å². The Kier molecular flexibility index (Phi) is 3.61. The zero-order valence-corrected chi connectivity index (χ0v) is 13.4. The molecule has 2 aliphatic rings. The number of para-hydroxylation sites is 1. The Balaban J connectivity index is 1.62. The van der Waals surface area contributed by atoms with Crippen LogP contribution in [0.1, 0.15) is 22.8 Å². The van der Waals surface area contributed by atoms with Crippen LogP contribution in [-0.4, -0.2) is 18.4 Å². The predicted octanol–water partition coefficient (Wildman–Crippen LogP) is 3.55. The van der Waals surface area contributed by atoms with E-state index in [0.29, 0.717) is 23.7 Å². The molecular weight excluding hydrogens is 320 g/mol. The van der Waals surface area contributed by atoms with Gasteiger partial charge in [-0.15, -0.1) is 0 Å². The molecule has 2 heterocycles. The van der Waals surface area contributed by atoms with Crippen LogP contribution < -0.4 is 14.2 Å². The molecule has 0 spiro atoms. The van der Waals surface area contributed by atoms with Crippen molar-refractivity contribution in [1.29, 1.82) is 0 Å². The number of hydrogen-bond donors (Lipinski definition) is 0. The van der Waals surface area contributed by atoms with Gasteiger partial charge in [-0.2, -0.15) is 0 Å². The number of allylic oxidation sites excluding steroid dienone is 1. The third kappa shape index (κ3) is 2.92. The number of esters is 1. The molecule has 0 amide bonds. The molecule has 2 aliphatic heterocycles. The normalized spacial score (nSPS) is 16.4. The smallest absolute Gasteiger partial charge is 0.308 e. The van der Waals surface area contributed by atoms with Gasteiger partial charge in [0.2, 0.25) is 5.78 Å². The number of ether oxygens (including phenoxy) is 3. The van der Waals surface area contributed by atoms with E-state index < -0.39 is 5.97 Å². The van der Waals surface area contributed by atoms with Crippen LogP contribution in [-0.2, 0) is 4.79 Å². The van der Waals surface area contributed by atoms with Gasteiger partial charge in [-0.3, -0.25) is 9.59 Å². The molecule has 5 nitrogen and oxygen atoms in total. The van der Waals surface area contributed by atoms with Crippen molar-refractivity contribution in [2.75, 3.05) is 6.61 Å². The van der Waals surface area contributed by atoms with Crippen LogP contribution in [0.3, 0.4) is 0 Å². The van der Waals surface area contributed by atoms with Gasteiger partial charge in [0, 0.05) is 18.6 Å². The van der Waals surface area contributed by atoms with Gasteiger partial charge < -0.3 is 14.2 Å². The van der Waals surface area contributed by atoms with Crippen LogP contribution in [0.25, 0.3) is 6.08 Å². The van der Waals surface area contributed by atoms with E-state index in [1.807, 2.05) is 30.3 Å². The minimum atomic E-state index is -0.428. The van der Waals surface area contributed by atoms with Crippen molar-refractivity contribution in [3.05, 3.63) is 71.0 Å². The number of fused-ring (bicyclic) bond motifs is 2. The minimum absolute atomic E-state index is 0.205. The standard InChI is InChI=1S/C20H14O5/c1-12(21)24-15-6-7-16-18(10-15)25-19(20(16)22)9-13-8-14-4-2-3-5-17(14)23-11-13/h2-10H,11H2,1H3. The molecular formula is C20H14O5. The first-order valence-electron chi connectivity index (χ1n) is 7.79. The highest BCUT2D eigenvalue weighted by atomic mass is 16.5. The lowest BCUT2D eigenvalue weighted by molar-refractivity contribution is -0.131. The number of rotatable bonds is 2. The number of carbonyl (C=O) groups excluding carboxylic acids is 2. The molecule has 2 aromatic rings. The van der Waals surface area contributed by atoms with Gasteiger partial charge in [-0.05, 0) is 35.9 Å². The van der Waals surface area contributed by atoms with Crippen molar-refractivity contribution >= 4 is 17.8 Å². The molecule has 5 heteroatoms. The van der Waals surface area contributed by atoms with Gasteiger partial charge >= 0.3 is 5.97 Å². The van der Waals surface area contributed by atoms with Crippen molar-refractivity contribution in [1.82, 2.24) is 0 Å². The van der Waals surface area contributed by atoms with Crippen LogP contribution in [0.4, 0.5) is 0 Å². The summed E-state index contributed by atoms with van der Waals surface area (Å²) in [5.74, 6) is 1.14. The van der Waals surface area contributed by atoms with Gasteiger partial charge in [-0.1, -0.05) is 18.2 Å². The molecule has 0 unspecified atom stereocenters. The maximum atomic E-state index is 12.5. The summed E-state index contributed by atoms with van der Waals surface area (Å²) < 4.78 is 16.4. The fraction of sp³-hybridized carbons (Fsp3) is 0.100. The van der Waals surface area contributed by atoms with Gasteiger partial charge in [-0.25, -0.2) is 0 Å². The summed E-state index contributed by atoms with van der Waals surface area (Å²) in [4.78, 5) is 23.5. The summed E-state index contributed by atoms with van der Waals surface area (Å²) in [5, 5.41) is 0. The average Bonchev–Trinajstić information content (AvgIpc) is 2.89. The minimum Gasteiger partial charge on any atom is -0.488 e. The van der Waals surface area contributed by atoms with Crippen LogP contribution in [0.5, 0.6) is 17.2 Å². The molecule has 0 bridgehead atoms. The highest BCUT2D eigenvalue weighted by Gasteiger charge is 2.28. The van der Waals surface area contributed by atoms with Gasteiger partial charge in [0.15, 0.2) is 5.76 Å². The summed E-state index contributed by atoms with van der Waals surface area (Å²) in [5.41, 5.74) is 2.25. The van der Waals surface area contributed by atoms with Gasteiger partial charge in [0.05, 0.1) is 5.56 Å². The fourth-order valence-corrected chi connectivity index (χ4v) is 2.78. The molecule has 0 saturated heterocycles. The summed E-state index contributed by atoms with van der Waals surface area (Å²) >= 11 is 0. The zero-order chi connectivity index (χ0) is 17.4. The second kappa shape index (κ2) is 5.94. The third-order valence-electron chi connectivity index (χ3n) is 3.87. The Labute approximate surface area is 144 Å². The number of carbonyl (C=O) groups is 2. The van der Waals surface area contributed by atoms with Crippen molar-refractivity contribution in [2.45, 2.75) is 6.92 Å². The number of Topliss-reactive ketones (excluding diaryl/α,β-unsaturated/α-hetero) is 1. The summed E-state index contributed by atoms with van der Waals surface area (Å²) in [6.45, 7) is 1.68. The van der Waals surface area contributed by atoms with Crippen LogP contribution in [0.15, 0.2) is 59.9 Å². The monoisotopic (exact) mass is 334 g/mol. The maximum Gasteiger partial charge on any atom is 0.308 e. The Bertz CT molecular complexity index is 952. The first-order chi connectivity index (χ1) is 12.1. The van der Waals surface area contributed by atoms with E-state index in [1.54, 1.807) is 18.2 Å². The first kappa shape index (κ1) is 15.2. The van der Waals surface area contributed by atoms with Crippen LogP contribution in [0.2, 0.25) is 0 Å². The van der Waals surface area contributed by atoms with E-state index in [1.165, 1.54) is 13.0 Å². The highest BCUT2D eigenvalue weighted by Crippen LogP contribution is 2.35. The Morgan fingerprint density at radius 2 is 2.00 bits per heavy atom. The lowest BCUT2D eigenvalue weighted by Crippen LogP contribution is -2.08. The predicted molar refractivity (Wildman–Crippen MR) is 90.7 cm³/mol. The topological polar surface area (TPSA) is 61.8 Å². The van der Waals surface area contributed by atoms with Crippen molar-refractivity contribution in [2.24, 2.45) is 0 Å². The molecule has 0 N–H and O–H groups in total. The maximum absolute atomic E-state index is 12.5. The molecule has 0 atom stereocenters. The number of benzene rings is 2. The lowest BCUT2D eigenvalue weighted by Gasteiger charge is -2.15. The van der Waals surface area contributed by atoms with E-state index in [2.05, 4.69) is 0 Å². The van der Waals surface area contributed by atoms with E-state index in [-0.39, 0.29) is 11.5 Å². The second-order valence-corrected chi connectivity index (χ2v) is 5.74. The van der Waals surface area contributed by atoms with E-state index >= 15 is 0 Å². The largest absolute Gasteiger partial charge is 0.488 e. The molecule has 0 aliphatic carbocycles. The average molecular weight is 334 g/mol. The quantitative estimate of drug-likeness (QED) is 0.477. The second-order valence-electron chi connectivity index (χ2n) is 5.74. The Hall–Kier alpha value is -3.34. The summed E-state index contributed by atoms with van der Waals surface area (Å²) in [6.07, 6.45) is 3.65. The molecule has 2 aromatic carbocycles. The highest BCUT2D eigenvalue weighted by molar-refractivity contribution is 6.12. The molecule has 25 heavy (non-hydrogen) atoms. The molecule has 124 valence electrons. The van der Waals surface area contributed by atoms with Gasteiger partial charge in [0.1, 0.15) is 23.9 Å². The van der Waals surface area contributed by atoms with Gasteiger partial charge in [0.25, 0.3) is 0 Å². The number of ketones is 1. The summed E-state index contributed by atoms with van der Waals surface area (Å²) in [6, 6.07) is 12.4. The molecule has 4 rings (SSSR count). The van der Waals surface area contributed by atoms with E-state index in [4.69, 9.17) is 14.2 Å². The van der Waals surface area contributed by atoms with Crippen molar-refractivity contribution in [3.63, 3.8) is 0 Å². The van der Waals surface area contributed by atoms with Crippen molar-refractivity contribution in [3.8, 4) is 17.2 Å². The Morgan fingerprint density at radius 1 is 1.16 bits per heavy atom.